The number of amides is 2. The molecule has 0 saturated heterocycles. The lowest BCUT2D eigenvalue weighted by molar-refractivity contribution is -0.142. The highest BCUT2D eigenvalue weighted by atomic mass is 16.4. The Balaban J connectivity index is 2.48. The molecule has 0 saturated carbocycles. The van der Waals surface area contributed by atoms with Gasteiger partial charge in [-0.15, -0.1) is 0 Å². The van der Waals surface area contributed by atoms with Crippen LogP contribution in [0, 0.1) is 11.8 Å². The Morgan fingerprint density at radius 3 is 1.21 bits per heavy atom. The van der Waals surface area contributed by atoms with E-state index in [2.05, 4.69) is 41.5 Å². The highest BCUT2D eigenvalue weighted by Crippen LogP contribution is 2.24. The van der Waals surface area contributed by atoms with Crippen molar-refractivity contribution in [3.8, 4) is 0 Å². The Labute approximate surface area is 341 Å². The summed E-state index contributed by atoms with van der Waals surface area (Å²) in [6, 6.07) is 6.19. The lowest BCUT2D eigenvalue weighted by Gasteiger charge is -2.18. The quantitative estimate of drug-likeness (QED) is 0.0490. The second kappa shape index (κ2) is 34.1. The maximum absolute atomic E-state index is 12.3. The van der Waals surface area contributed by atoms with Gasteiger partial charge < -0.3 is 25.7 Å². The molecular formula is C47H83N3O6. The molecule has 1 rings (SSSR count). The van der Waals surface area contributed by atoms with Gasteiger partial charge in [0.05, 0.1) is 11.8 Å². The van der Waals surface area contributed by atoms with Crippen LogP contribution in [0.15, 0.2) is 18.2 Å². The van der Waals surface area contributed by atoms with E-state index in [0.717, 1.165) is 93.7 Å². The smallest absolute Gasteiger partial charge is 0.306 e. The van der Waals surface area contributed by atoms with Gasteiger partial charge in [-0.3, -0.25) is 19.2 Å². The average Bonchev–Trinajstić information content (AvgIpc) is 3.15. The standard InChI is InChI=1S/C47H83N3O6/c1-5-7-9-11-13-15-23-29-44(51)48-31-25-19-17-21-27-42(46(53)54)36-39-33-40(35-41(34-39)38-50(3)4)37-43(47(55)56)28-22-18-20-26-32-49-45(52)30-24-16-14-12-10-8-6-2/h33-35,42-43H,5-32,36-38H2,1-4H3,(H,48,51)(H,49,52)(H,53,54)(H,55,56). The maximum atomic E-state index is 12.3. The Kier molecular flexibility index (Phi) is 31.1. The number of carbonyl (C=O) groups excluding carboxylic acids is 2. The molecule has 0 heterocycles. The molecule has 2 atom stereocenters. The van der Waals surface area contributed by atoms with E-state index in [1.807, 2.05) is 20.2 Å². The first kappa shape index (κ1) is 51.1. The molecule has 0 aliphatic carbocycles. The number of carboxylic acid groups (broad SMARTS) is 2. The zero-order chi connectivity index (χ0) is 41.2. The third-order valence-corrected chi connectivity index (χ3v) is 10.9. The first-order chi connectivity index (χ1) is 27.0. The molecule has 0 fully saturated rings. The summed E-state index contributed by atoms with van der Waals surface area (Å²) in [5.41, 5.74) is 2.97. The number of unbranched alkanes of at least 4 members (excludes halogenated alkanes) is 18. The minimum Gasteiger partial charge on any atom is -0.481 e. The Hall–Kier alpha value is -2.94. The summed E-state index contributed by atoms with van der Waals surface area (Å²) >= 11 is 0. The van der Waals surface area contributed by atoms with Crippen molar-refractivity contribution < 1.29 is 29.4 Å². The van der Waals surface area contributed by atoms with Crippen molar-refractivity contribution >= 4 is 23.8 Å². The number of rotatable bonds is 38. The van der Waals surface area contributed by atoms with Crippen LogP contribution in [-0.2, 0) is 38.6 Å². The molecule has 1 aromatic carbocycles. The van der Waals surface area contributed by atoms with Crippen molar-refractivity contribution in [2.45, 2.75) is 200 Å². The number of hydrogen-bond donors (Lipinski definition) is 4. The van der Waals surface area contributed by atoms with E-state index < -0.39 is 23.8 Å². The first-order valence-corrected chi connectivity index (χ1v) is 22.8. The van der Waals surface area contributed by atoms with Crippen LogP contribution in [0.1, 0.15) is 197 Å². The average molecular weight is 786 g/mol. The third-order valence-electron chi connectivity index (χ3n) is 10.9. The van der Waals surface area contributed by atoms with Crippen molar-refractivity contribution in [3.63, 3.8) is 0 Å². The number of aliphatic carboxylic acids is 2. The fraction of sp³-hybridized carbons (Fsp3) is 0.787. The predicted octanol–water partition coefficient (Wildman–Crippen LogP) is 10.6. The van der Waals surface area contributed by atoms with E-state index in [4.69, 9.17) is 0 Å². The molecule has 0 bridgehead atoms. The fourth-order valence-electron chi connectivity index (χ4n) is 7.58. The first-order valence-electron chi connectivity index (χ1n) is 22.8. The minimum absolute atomic E-state index is 0.137. The van der Waals surface area contributed by atoms with Crippen LogP contribution in [0.4, 0.5) is 0 Å². The number of nitrogens with one attached hydrogen (secondary N) is 2. The summed E-state index contributed by atoms with van der Waals surface area (Å²) in [5, 5.41) is 26.3. The summed E-state index contributed by atoms with van der Waals surface area (Å²) < 4.78 is 0. The van der Waals surface area contributed by atoms with E-state index in [-0.39, 0.29) is 11.8 Å². The van der Waals surface area contributed by atoms with Crippen molar-refractivity contribution in [1.29, 1.82) is 0 Å². The third kappa shape index (κ3) is 28.5. The summed E-state index contributed by atoms with van der Waals surface area (Å²) in [7, 11) is 3.99. The van der Waals surface area contributed by atoms with Crippen LogP contribution in [-0.4, -0.2) is 66.1 Å². The molecule has 0 spiro atoms. The summed E-state index contributed by atoms with van der Waals surface area (Å²) in [4.78, 5) is 51.0. The molecule has 322 valence electrons. The normalized spacial score (nSPS) is 12.4. The second-order valence-electron chi connectivity index (χ2n) is 16.7. The maximum Gasteiger partial charge on any atom is 0.306 e. The van der Waals surface area contributed by atoms with Gasteiger partial charge in [0.25, 0.3) is 0 Å². The Morgan fingerprint density at radius 1 is 0.500 bits per heavy atom. The highest BCUT2D eigenvalue weighted by molar-refractivity contribution is 5.76. The molecule has 0 aliphatic heterocycles. The Bertz CT molecular complexity index is 1110. The van der Waals surface area contributed by atoms with Crippen LogP contribution in [0.25, 0.3) is 0 Å². The molecule has 0 radical (unpaired) electrons. The molecule has 0 aromatic heterocycles. The number of hydrogen-bond acceptors (Lipinski definition) is 5. The van der Waals surface area contributed by atoms with E-state index >= 15 is 0 Å². The zero-order valence-electron chi connectivity index (χ0n) is 36.3. The van der Waals surface area contributed by atoms with Gasteiger partial charge in [-0.1, -0.05) is 148 Å². The van der Waals surface area contributed by atoms with Crippen LogP contribution < -0.4 is 10.6 Å². The predicted molar refractivity (Wildman–Crippen MR) is 231 cm³/mol. The van der Waals surface area contributed by atoms with E-state index in [0.29, 0.717) is 58.2 Å². The van der Waals surface area contributed by atoms with Gasteiger partial charge in [-0.25, -0.2) is 0 Å². The molecular weight excluding hydrogens is 703 g/mol. The van der Waals surface area contributed by atoms with Gasteiger partial charge in [0, 0.05) is 32.5 Å². The number of nitrogens with zero attached hydrogens (tertiary/aromatic N) is 1. The number of carbonyl (C=O) groups is 4. The lowest BCUT2D eigenvalue weighted by atomic mass is 9.88. The summed E-state index contributed by atoms with van der Waals surface area (Å²) in [6.45, 7) is 6.49. The van der Waals surface area contributed by atoms with E-state index in [9.17, 15) is 29.4 Å². The fourth-order valence-corrected chi connectivity index (χ4v) is 7.58. The minimum atomic E-state index is -0.793. The van der Waals surface area contributed by atoms with Crippen LogP contribution in [0.3, 0.4) is 0 Å². The van der Waals surface area contributed by atoms with Crippen LogP contribution >= 0.6 is 0 Å². The van der Waals surface area contributed by atoms with Gasteiger partial charge in [0.1, 0.15) is 0 Å². The van der Waals surface area contributed by atoms with Gasteiger partial charge in [0.15, 0.2) is 0 Å². The Morgan fingerprint density at radius 2 is 0.839 bits per heavy atom. The summed E-state index contributed by atoms with van der Waals surface area (Å²) in [6.07, 6.45) is 27.2. The number of carboxylic acids is 2. The number of benzene rings is 1. The van der Waals surface area contributed by atoms with Gasteiger partial charge in [0.2, 0.25) is 11.8 Å². The highest BCUT2D eigenvalue weighted by Gasteiger charge is 2.21. The summed E-state index contributed by atoms with van der Waals surface area (Å²) in [5.74, 6) is -2.31. The van der Waals surface area contributed by atoms with Crippen LogP contribution in [0.2, 0.25) is 0 Å². The van der Waals surface area contributed by atoms with Crippen molar-refractivity contribution in [3.05, 3.63) is 34.9 Å². The molecule has 1 aromatic rings. The van der Waals surface area contributed by atoms with Gasteiger partial charge >= 0.3 is 11.9 Å². The van der Waals surface area contributed by atoms with Crippen LogP contribution in [0.5, 0.6) is 0 Å². The molecule has 0 aliphatic rings. The van der Waals surface area contributed by atoms with Gasteiger partial charge in [-0.2, -0.15) is 0 Å². The second-order valence-corrected chi connectivity index (χ2v) is 16.7. The topological polar surface area (TPSA) is 136 Å². The molecule has 9 nitrogen and oxygen atoms in total. The molecule has 2 amide bonds. The molecule has 9 heteroatoms. The van der Waals surface area contributed by atoms with E-state index in [1.54, 1.807) is 0 Å². The SMILES string of the molecule is CCCCCCCCCC(=O)NCCCCCCC(Cc1cc(CC(CCCCCCNC(=O)CCCCCCCCC)C(=O)O)cc(CN(C)C)c1)C(=O)O. The van der Waals surface area contributed by atoms with Gasteiger partial charge in [-0.05, 0) is 82.2 Å². The van der Waals surface area contributed by atoms with E-state index in [1.165, 1.54) is 64.2 Å². The molecule has 4 N–H and O–H groups in total. The lowest BCUT2D eigenvalue weighted by Crippen LogP contribution is -2.24. The monoisotopic (exact) mass is 786 g/mol. The zero-order valence-corrected chi connectivity index (χ0v) is 36.3. The molecule has 2 unspecified atom stereocenters. The molecule has 56 heavy (non-hydrogen) atoms. The van der Waals surface area contributed by atoms with Crippen molar-refractivity contribution in [2.24, 2.45) is 11.8 Å². The van der Waals surface area contributed by atoms with Crippen molar-refractivity contribution in [2.75, 3.05) is 27.2 Å². The van der Waals surface area contributed by atoms with Crippen molar-refractivity contribution in [1.82, 2.24) is 15.5 Å². The largest absolute Gasteiger partial charge is 0.481 e.